The van der Waals surface area contributed by atoms with Gasteiger partial charge in [0.15, 0.2) is 5.13 Å². The Labute approximate surface area is 154 Å². The molecule has 0 fully saturated rings. The minimum atomic E-state index is -0.463. The maximum Gasteiger partial charge on any atom is 0.272 e. The average Bonchev–Trinajstić information content (AvgIpc) is 3.01. The minimum Gasteiger partial charge on any atom is -0.298 e. The molecular formula is C19H17N3O3S. The maximum atomic E-state index is 12.3. The van der Waals surface area contributed by atoms with Crippen molar-refractivity contribution in [2.45, 2.75) is 20.3 Å². The summed E-state index contributed by atoms with van der Waals surface area (Å²) in [5, 5.41) is 14.1. The second kappa shape index (κ2) is 7.45. The van der Waals surface area contributed by atoms with E-state index >= 15 is 0 Å². The predicted molar refractivity (Wildman–Crippen MR) is 102 cm³/mol. The van der Waals surface area contributed by atoms with E-state index in [2.05, 4.69) is 22.4 Å². The lowest BCUT2D eigenvalue weighted by Gasteiger charge is -2.03. The van der Waals surface area contributed by atoms with Gasteiger partial charge in [0, 0.05) is 34.7 Å². The first-order chi connectivity index (χ1) is 12.4. The van der Waals surface area contributed by atoms with Crippen molar-refractivity contribution in [3.8, 4) is 0 Å². The molecule has 0 unspecified atom stereocenters. The fourth-order valence-electron chi connectivity index (χ4n) is 2.64. The number of aryl methyl sites for hydroxylation is 2. The molecule has 3 aromatic rings. The number of rotatable bonds is 5. The number of hydrogen-bond acceptors (Lipinski definition) is 5. The smallest absolute Gasteiger partial charge is 0.272 e. The summed E-state index contributed by atoms with van der Waals surface area (Å²) < 4.78 is 0. The molecule has 132 valence electrons. The Balaban J connectivity index is 1.69. The Kier molecular flexibility index (Phi) is 5.09. The van der Waals surface area contributed by atoms with Crippen LogP contribution in [0.25, 0.3) is 0 Å². The molecule has 0 spiro atoms. The molecule has 1 aromatic heterocycles. The molecule has 0 aliphatic rings. The molecule has 0 saturated heterocycles. The Morgan fingerprint density at radius 3 is 2.73 bits per heavy atom. The number of benzene rings is 2. The van der Waals surface area contributed by atoms with E-state index in [1.165, 1.54) is 40.7 Å². The van der Waals surface area contributed by atoms with Gasteiger partial charge in [0.2, 0.25) is 0 Å². The van der Waals surface area contributed by atoms with E-state index < -0.39 is 4.92 Å². The summed E-state index contributed by atoms with van der Waals surface area (Å²) in [6.07, 6.45) is 2.51. The molecule has 0 bridgehead atoms. The fourth-order valence-corrected chi connectivity index (χ4v) is 3.48. The summed E-state index contributed by atoms with van der Waals surface area (Å²) in [5.74, 6) is -0.334. The largest absolute Gasteiger partial charge is 0.298 e. The first-order valence-corrected chi connectivity index (χ1v) is 8.80. The molecule has 26 heavy (non-hydrogen) atoms. The highest BCUT2D eigenvalue weighted by Crippen LogP contribution is 2.23. The molecule has 1 heterocycles. The number of amides is 1. The predicted octanol–water partition coefficient (Wildman–Crippen LogP) is 4.51. The molecule has 2 aromatic carbocycles. The van der Waals surface area contributed by atoms with E-state index in [1.807, 2.05) is 19.1 Å². The van der Waals surface area contributed by atoms with Crippen LogP contribution in [0.4, 0.5) is 10.8 Å². The average molecular weight is 367 g/mol. The Morgan fingerprint density at radius 1 is 1.23 bits per heavy atom. The van der Waals surface area contributed by atoms with Gasteiger partial charge in [-0.1, -0.05) is 29.8 Å². The van der Waals surface area contributed by atoms with Crippen LogP contribution < -0.4 is 5.32 Å². The number of thiazole rings is 1. The van der Waals surface area contributed by atoms with Crippen LogP contribution in [0.15, 0.2) is 48.7 Å². The van der Waals surface area contributed by atoms with Crippen LogP contribution in [-0.2, 0) is 6.42 Å². The highest BCUT2D eigenvalue weighted by Gasteiger charge is 2.15. The van der Waals surface area contributed by atoms with Gasteiger partial charge in [-0.3, -0.25) is 20.2 Å². The monoisotopic (exact) mass is 367 g/mol. The van der Waals surface area contributed by atoms with Gasteiger partial charge in [0.05, 0.1) is 4.92 Å². The SMILES string of the molecule is Cc1cccc(Cc2cnc(NC(=O)c3ccc([N+](=O)[O-])c(C)c3)s2)c1. The van der Waals surface area contributed by atoms with Gasteiger partial charge < -0.3 is 0 Å². The number of carbonyl (C=O) groups excluding carboxylic acids is 1. The zero-order chi connectivity index (χ0) is 18.7. The molecule has 0 radical (unpaired) electrons. The molecule has 6 nitrogen and oxygen atoms in total. The molecule has 0 atom stereocenters. The third kappa shape index (κ3) is 4.12. The first-order valence-electron chi connectivity index (χ1n) is 7.99. The van der Waals surface area contributed by atoms with Gasteiger partial charge in [0.25, 0.3) is 11.6 Å². The molecule has 0 aliphatic carbocycles. The quantitative estimate of drug-likeness (QED) is 0.531. The second-order valence-corrected chi connectivity index (χ2v) is 7.13. The third-order valence-electron chi connectivity index (χ3n) is 3.89. The van der Waals surface area contributed by atoms with E-state index in [-0.39, 0.29) is 11.6 Å². The second-order valence-electron chi connectivity index (χ2n) is 6.01. The van der Waals surface area contributed by atoms with Crippen molar-refractivity contribution < 1.29 is 9.72 Å². The van der Waals surface area contributed by atoms with Gasteiger partial charge in [0.1, 0.15) is 0 Å². The van der Waals surface area contributed by atoms with Crippen molar-refractivity contribution in [3.63, 3.8) is 0 Å². The van der Waals surface area contributed by atoms with Crippen LogP contribution >= 0.6 is 11.3 Å². The molecule has 3 rings (SSSR count). The summed E-state index contributed by atoms with van der Waals surface area (Å²) >= 11 is 1.42. The highest BCUT2D eigenvalue weighted by molar-refractivity contribution is 7.15. The van der Waals surface area contributed by atoms with Crippen molar-refractivity contribution >= 4 is 28.1 Å². The summed E-state index contributed by atoms with van der Waals surface area (Å²) in [6, 6.07) is 12.5. The van der Waals surface area contributed by atoms with E-state index in [9.17, 15) is 14.9 Å². The first kappa shape index (κ1) is 17.8. The van der Waals surface area contributed by atoms with Gasteiger partial charge >= 0.3 is 0 Å². The van der Waals surface area contributed by atoms with Crippen LogP contribution in [0.1, 0.15) is 31.9 Å². The van der Waals surface area contributed by atoms with Crippen LogP contribution in [0, 0.1) is 24.0 Å². The van der Waals surface area contributed by atoms with Crippen molar-refractivity contribution in [1.82, 2.24) is 4.98 Å². The summed E-state index contributed by atoms with van der Waals surface area (Å²) in [7, 11) is 0. The van der Waals surface area contributed by atoms with Crippen molar-refractivity contribution in [1.29, 1.82) is 0 Å². The van der Waals surface area contributed by atoms with Crippen molar-refractivity contribution in [3.05, 3.63) is 85.9 Å². The Morgan fingerprint density at radius 2 is 2.04 bits per heavy atom. The number of anilines is 1. The van der Waals surface area contributed by atoms with E-state index in [1.54, 1.807) is 13.1 Å². The lowest BCUT2D eigenvalue weighted by Crippen LogP contribution is -2.12. The highest BCUT2D eigenvalue weighted by atomic mass is 32.1. The van der Waals surface area contributed by atoms with Gasteiger partial charge in [-0.25, -0.2) is 4.98 Å². The minimum absolute atomic E-state index is 0.00348. The number of nitro groups is 1. The van der Waals surface area contributed by atoms with Crippen molar-refractivity contribution in [2.24, 2.45) is 0 Å². The van der Waals surface area contributed by atoms with Crippen LogP contribution in [0.5, 0.6) is 0 Å². The molecule has 0 aliphatic heterocycles. The molecule has 1 N–H and O–H groups in total. The van der Waals surface area contributed by atoms with E-state index in [0.29, 0.717) is 16.3 Å². The third-order valence-corrected chi connectivity index (χ3v) is 4.80. The Bertz CT molecular complexity index is 982. The van der Waals surface area contributed by atoms with Crippen LogP contribution in [0.3, 0.4) is 0 Å². The molecule has 7 heteroatoms. The lowest BCUT2D eigenvalue weighted by atomic mass is 10.1. The molecule has 1 amide bonds. The van der Waals surface area contributed by atoms with E-state index in [0.717, 1.165) is 11.3 Å². The number of aromatic nitrogens is 1. The normalized spacial score (nSPS) is 10.5. The number of nitro benzene ring substituents is 1. The zero-order valence-corrected chi connectivity index (χ0v) is 15.2. The standard InChI is InChI=1S/C19H17N3O3S/c1-12-4-3-5-14(8-12)10-16-11-20-19(26-16)21-18(23)15-6-7-17(22(24)25)13(2)9-15/h3-9,11H,10H2,1-2H3,(H,20,21,23). The van der Waals surface area contributed by atoms with Gasteiger partial charge in [-0.05, 0) is 31.5 Å². The summed E-state index contributed by atoms with van der Waals surface area (Å²) in [4.78, 5) is 28.0. The summed E-state index contributed by atoms with van der Waals surface area (Å²) in [5.41, 5.74) is 3.20. The lowest BCUT2D eigenvalue weighted by molar-refractivity contribution is -0.385. The maximum absolute atomic E-state index is 12.3. The van der Waals surface area contributed by atoms with Gasteiger partial charge in [-0.15, -0.1) is 11.3 Å². The number of nitrogens with one attached hydrogen (secondary N) is 1. The Hall–Kier alpha value is -3.06. The van der Waals surface area contributed by atoms with Crippen LogP contribution in [-0.4, -0.2) is 15.8 Å². The number of hydrogen-bond donors (Lipinski definition) is 1. The molecule has 0 saturated carbocycles. The van der Waals surface area contributed by atoms with Crippen LogP contribution in [0.2, 0.25) is 0 Å². The van der Waals surface area contributed by atoms with E-state index in [4.69, 9.17) is 0 Å². The molecular weight excluding hydrogens is 350 g/mol. The van der Waals surface area contributed by atoms with Gasteiger partial charge in [-0.2, -0.15) is 0 Å². The summed E-state index contributed by atoms with van der Waals surface area (Å²) in [6.45, 7) is 3.66. The topological polar surface area (TPSA) is 85.1 Å². The number of carbonyl (C=O) groups is 1. The number of nitrogens with zero attached hydrogens (tertiary/aromatic N) is 2. The van der Waals surface area contributed by atoms with Crippen molar-refractivity contribution in [2.75, 3.05) is 5.32 Å². The fraction of sp³-hybridized carbons (Fsp3) is 0.158. The zero-order valence-electron chi connectivity index (χ0n) is 14.4.